The number of halogens is 1. The minimum atomic E-state index is -0.365. The van der Waals surface area contributed by atoms with Crippen molar-refractivity contribution in [3.05, 3.63) is 64.3 Å². The maximum Gasteiger partial charge on any atom is 0.264 e. The standard InChI is InChI=1S/C24H25FN2O2S/c1-15-7-3-6-10-19(15)26-23(28)17-11-12-21-20(13-17)27(2)24(29)22(30-21)14-16-8-4-5-9-18(16)25/h4-5,8-9,11-15,19H,3,6-7,10H2,1-2H3,(H,26,28)/b22-14-. The Hall–Kier alpha value is -2.60. The number of likely N-dealkylation sites (N-methyl/N-ethyl adjacent to an activating group) is 1. The van der Waals surface area contributed by atoms with E-state index in [1.807, 2.05) is 6.07 Å². The monoisotopic (exact) mass is 424 g/mol. The first-order chi connectivity index (χ1) is 14.4. The molecule has 4 nitrogen and oxygen atoms in total. The third-order valence-corrected chi connectivity index (χ3v) is 7.02. The van der Waals surface area contributed by atoms with E-state index < -0.39 is 0 Å². The number of fused-ring (bicyclic) bond motifs is 1. The molecule has 1 saturated carbocycles. The fourth-order valence-electron chi connectivity index (χ4n) is 4.05. The SMILES string of the molecule is CC1CCCCC1NC(=O)c1ccc2c(c1)N(C)C(=O)/C(=C/c1ccccc1F)S2. The summed E-state index contributed by atoms with van der Waals surface area (Å²) >= 11 is 1.30. The van der Waals surface area contributed by atoms with Gasteiger partial charge < -0.3 is 10.2 Å². The van der Waals surface area contributed by atoms with Crippen molar-refractivity contribution >= 4 is 35.3 Å². The van der Waals surface area contributed by atoms with Gasteiger partial charge in [-0.25, -0.2) is 4.39 Å². The Balaban J connectivity index is 1.57. The van der Waals surface area contributed by atoms with Crippen LogP contribution < -0.4 is 10.2 Å². The molecule has 2 aromatic rings. The van der Waals surface area contributed by atoms with Crippen molar-refractivity contribution in [3.8, 4) is 0 Å². The minimum Gasteiger partial charge on any atom is -0.349 e. The molecule has 1 fully saturated rings. The summed E-state index contributed by atoms with van der Waals surface area (Å²) in [5, 5.41) is 3.16. The number of carbonyl (C=O) groups excluding carboxylic acids is 2. The second-order valence-corrected chi connectivity index (χ2v) is 9.10. The van der Waals surface area contributed by atoms with E-state index in [0.717, 1.165) is 24.2 Å². The Labute approximate surface area is 180 Å². The third-order valence-electron chi connectivity index (χ3n) is 5.94. The first kappa shape index (κ1) is 20.7. The van der Waals surface area contributed by atoms with Gasteiger partial charge in [0.1, 0.15) is 5.82 Å². The third kappa shape index (κ3) is 4.15. The van der Waals surface area contributed by atoms with Crippen LogP contribution in [-0.2, 0) is 4.79 Å². The second kappa shape index (κ2) is 8.64. The summed E-state index contributed by atoms with van der Waals surface area (Å²) in [4.78, 5) is 28.5. The Morgan fingerprint density at radius 1 is 1.20 bits per heavy atom. The fraction of sp³-hybridized carbons (Fsp3) is 0.333. The molecule has 30 heavy (non-hydrogen) atoms. The number of hydrogen-bond donors (Lipinski definition) is 1. The van der Waals surface area contributed by atoms with E-state index in [9.17, 15) is 14.0 Å². The predicted molar refractivity (Wildman–Crippen MR) is 119 cm³/mol. The van der Waals surface area contributed by atoms with E-state index in [-0.39, 0.29) is 23.7 Å². The molecule has 2 unspecified atom stereocenters. The van der Waals surface area contributed by atoms with Crippen LogP contribution in [0.1, 0.15) is 48.5 Å². The lowest BCUT2D eigenvalue weighted by Crippen LogP contribution is -2.41. The molecule has 4 rings (SSSR count). The number of carbonyl (C=O) groups is 2. The highest BCUT2D eigenvalue weighted by atomic mass is 32.2. The number of amides is 2. The number of thioether (sulfide) groups is 1. The molecule has 0 saturated heterocycles. The molecule has 156 valence electrons. The summed E-state index contributed by atoms with van der Waals surface area (Å²) in [5.41, 5.74) is 1.62. The Bertz CT molecular complexity index is 1020. The predicted octanol–water partition coefficient (Wildman–Crippen LogP) is 5.24. The van der Waals surface area contributed by atoms with Crippen LogP contribution in [0.2, 0.25) is 0 Å². The highest BCUT2D eigenvalue weighted by Gasteiger charge is 2.28. The van der Waals surface area contributed by atoms with Gasteiger partial charge >= 0.3 is 0 Å². The zero-order valence-electron chi connectivity index (χ0n) is 17.2. The van der Waals surface area contributed by atoms with Gasteiger partial charge in [-0.3, -0.25) is 9.59 Å². The van der Waals surface area contributed by atoms with Crippen molar-refractivity contribution in [1.82, 2.24) is 5.32 Å². The Kier molecular flexibility index (Phi) is 5.95. The van der Waals surface area contributed by atoms with Gasteiger partial charge in [0.25, 0.3) is 11.8 Å². The normalized spacial score (nSPS) is 22.7. The largest absolute Gasteiger partial charge is 0.349 e. The van der Waals surface area contributed by atoms with Crippen molar-refractivity contribution < 1.29 is 14.0 Å². The van der Waals surface area contributed by atoms with Crippen molar-refractivity contribution in [2.24, 2.45) is 5.92 Å². The molecule has 1 aliphatic carbocycles. The molecule has 0 aromatic heterocycles. The first-order valence-electron chi connectivity index (χ1n) is 10.3. The summed E-state index contributed by atoms with van der Waals surface area (Å²) in [6.45, 7) is 2.18. The van der Waals surface area contributed by atoms with Gasteiger partial charge in [-0.1, -0.05) is 49.7 Å². The number of benzene rings is 2. The van der Waals surface area contributed by atoms with Gasteiger partial charge in [-0.2, -0.15) is 0 Å². The Morgan fingerprint density at radius 3 is 2.73 bits per heavy atom. The van der Waals surface area contributed by atoms with Crippen LogP contribution >= 0.6 is 11.8 Å². The van der Waals surface area contributed by atoms with Crippen LogP contribution in [0, 0.1) is 11.7 Å². The van der Waals surface area contributed by atoms with Gasteiger partial charge in [0, 0.05) is 29.1 Å². The summed E-state index contributed by atoms with van der Waals surface area (Å²) in [6, 6.07) is 12.0. The summed E-state index contributed by atoms with van der Waals surface area (Å²) in [7, 11) is 1.68. The van der Waals surface area contributed by atoms with E-state index in [0.29, 0.717) is 27.6 Å². The molecular weight excluding hydrogens is 399 g/mol. The van der Waals surface area contributed by atoms with E-state index in [2.05, 4.69) is 12.2 Å². The zero-order valence-corrected chi connectivity index (χ0v) is 18.0. The second-order valence-electron chi connectivity index (χ2n) is 8.02. The van der Waals surface area contributed by atoms with Crippen LogP contribution in [0.3, 0.4) is 0 Å². The maximum absolute atomic E-state index is 14.0. The van der Waals surface area contributed by atoms with Crippen LogP contribution in [0.25, 0.3) is 6.08 Å². The molecule has 1 aliphatic heterocycles. The molecule has 2 amide bonds. The number of rotatable bonds is 3. The average Bonchev–Trinajstić information content (AvgIpc) is 2.74. The van der Waals surface area contributed by atoms with Crippen LogP contribution in [-0.4, -0.2) is 24.9 Å². The van der Waals surface area contributed by atoms with Gasteiger partial charge in [0.2, 0.25) is 0 Å². The summed E-state index contributed by atoms with van der Waals surface area (Å²) in [5.74, 6) is -0.202. The number of nitrogens with zero attached hydrogens (tertiary/aromatic N) is 1. The van der Waals surface area contributed by atoms with Gasteiger partial charge in [-0.15, -0.1) is 0 Å². The first-order valence-corrected chi connectivity index (χ1v) is 11.1. The maximum atomic E-state index is 14.0. The number of anilines is 1. The molecule has 2 atom stereocenters. The molecule has 0 spiro atoms. The van der Waals surface area contributed by atoms with E-state index >= 15 is 0 Å². The molecule has 1 N–H and O–H groups in total. The minimum absolute atomic E-state index is 0.102. The topological polar surface area (TPSA) is 49.4 Å². The van der Waals surface area contributed by atoms with Crippen LogP contribution in [0.4, 0.5) is 10.1 Å². The highest BCUT2D eigenvalue weighted by Crippen LogP contribution is 2.42. The zero-order chi connectivity index (χ0) is 21.3. The van der Waals surface area contributed by atoms with Gasteiger partial charge in [0.05, 0.1) is 10.6 Å². The summed E-state index contributed by atoms with van der Waals surface area (Å²) < 4.78 is 14.0. The number of hydrogen-bond acceptors (Lipinski definition) is 3. The quantitative estimate of drug-likeness (QED) is 0.685. The molecule has 1 heterocycles. The van der Waals surface area contributed by atoms with Crippen LogP contribution in [0.5, 0.6) is 0 Å². The van der Waals surface area contributed by atoms with E-state index in [1.54, 1.807) is 43.5 Å². The Morgan fingerprint density at radius 2 is 1.97 bits per heavy atom. The molecule has 0 bridgehead atoms. The van der Waals surface area contributed by atoms with Gasteiger partial charge in [0.15, 0.2) is 0 Å². The lowest BCUT2D eigenvalue weighted by Gasteiger charge is -2.30. The van der Waals surface area contributed by atoms with Crippen molar-refractivity contribution in [2.45, 2.75) is 43.5 Å². The fourth-order valence-corrected chi connectivity index (χ4v) is 5.13. The summed E-state index contributed by atoms with van der Waals surface area (Å²) in [6.07, 6.45) is 6.09. The van der Waals surface area contributed by atoms with Crippen molar-refractivity contribution in [2.75, 3.05) is 11.9 Å². The van der Waals surface area contributed by atoms with Crippen molar-refractivity contribution in [1.29, 1.82) is 0 Å². The molecular formula is C24H25FN2O2S. The molecule has 6 heteroatoms. The van der Waals surface area contributed by atoms with E-state index in [4.69, 9.17) is 0 Å². The lowest BCUT2D eigenvalue weighted by molar-refractivity contribution is -0.114. The average molecular weight is 425 g/mol. The number of nitrogens with one attached hydrogen (secondary N) is 1. The van der Waals surface area contributed by atoms with Crippen LogP contribution in [0.15, 0.2) is 52.3 Å². The van der Waals surface area contributed by atoms with E-state index in [1.165, 1.54) is 29.1 Å². The highest BCUT2D eigenvalue weighted by molar-refractivity contribution is 8.04. The van der Waals surface area contributed by atoms with Gasteiger partial charge in [-0.05, 0) is 49.1 Å². The lowest BCUT2D eigenvalue weighted by atomic mass is 9.86. The van der Waals surface area contributed by atoms with Crippen molar-refractivity contribution in [3.63, 3.8) is 0 Å². The smallest absolute Gasteiger partial charge is 0.264 e. The molecule has 2 aliphatic rings. The molecule has 2 aromatic carbocycles. The molecule has 0 radical (unpaired) electrons.